The molecule has 0 radical (unpaired) electrons. The maximum absolute atomic E-state index is 12.6. The van der Waals surface area contributed by atoms with E-state index in [0.29, 0.717) is 17.9 Å². The minimum atomic E-state index is -2.26. The average molecular weight is 591 g/mol. The van der Waals surface area contributed by atoms with E-state index in [2.05, 4.69) is 26.9 Å². The summed E-state index contributed by atoms with van der Waals surface area (Å²) in [6.45, 7) is 2.15. The highest BCUT2D eigenvalue weighted by Gasteiger charge is 2.79. The Morgan fingerprint density at radius 3 is 2.51 bits per heavy atom. The second-order valence-electron chi connectivity index (χ2n) is 9.67. The number of fused-ring (bicyclic) bond motifs is 3. The minimum absolute atomic E-state index is 0.0360. The molecule has 1 aliphatic carbocycles. The zero-order chi connectivity index (χ0) is 27.9. The number of nitrogens with zero attached hydrogens (tertiary/aromatic N) is 2. The summed E-state index contributed by atoms with van der Waals surface area (Å²) in [4.78, 5) is 12.6. The van der Waals surface area contributed by atoms with Crippen LogP contribution in [0, 0.1) is 18.3 Å². The second kappa shape index (κ2) is 10.0. The van der Waals surface area contributed by atoms with Gasteiger partial charge in [-0.3, -0.25) is 9.48 Å². The maximum atomic E-state index is 12.6. The van der Waals surface area contributed by atoms with Crippen LogP contribution >= 0.6 is 15.9 Å². The van der Waals surface area contributed by atoms with Crippen molar-refractivity contribution >= 4 is 21.9 Å². The molecule has 2 aromatic carbocycles. The summed E-state index contributed by atoms with van der Waals surface area (Å²) in [6, 6.07) is 16.2. The topological polar surface area (TPSA) is 114 Å². The van der Waals surface area contributed by atoms with Crippen molar-refractivity contribution < 1.29 is 29.6 Å². The van der Waals surface area contributed by atoms with Crippen molar-refractivity contribution in [3.8, 4) is 23.8 Å². The van der Waals surface area contributed by atoms with Crippen LogP contribution in [-0.4, -0.2) is 49.9 Å². The van der Waals surface area contributed by atoms with E-state index in [1.807, 2.05) is 24.3 Å². The molecule has 2 aliphatic rings. The third-order valence-corrected chi connectivity index (χ3v) is 7.74. The van der Waals surface area contributed by atoms with Crippen molar-refractivity contribution in [3.05, 3.63) is 99.8 Å². The number of aliphatic hydroxyl groups is 2. The molecule has 2 heterocycles. The Labute approximate surface area is 234 Å². The molecule has 3 N–H and O–H groups in total. The molecule has 0 saturated heterocycles. The number of hydrogen-bond donors (Lipinski definition) is 3. The molecule has 5 atom stereocenters. The standard InChI is InChI=1S/C30H27BrN2O6/c1-4-21(13-10-18(2)31)30-25(20-8-6-5-7-9-20)24(28(35)36)27(34)29(30,37)26-23(39-30)17-33(32-26)16-19-11-14-22(38-3)15-12-19/h1,5-15,17,24-25,27,34,37H,16H2,2-3H3,(H,35,36)/b18-10+,21-13+/t24-,25-,27-,29+,30+/m1/s1. The molecule has 0 bridgehead atoms. The van der Waals surface area contributed by atoms with Gasteiger partial charge in [-0.2, -0.15) is 5.10 Å². The van der Waals surface area contributed by atoms with Gasteiger partial charge in [0.1, 0.15) is 17.5 Å². The Morgan fingerprint density at radius 2 is 1.92 bits per heavy atom. The van der Waals surface area contributed by atoms with Gasteiger partial charge in [0.2, 0.25) is 0 Å². The lowest BCUT2D eigenvalue weighted by Crippen LogP contribution is -2.56. The second-order valence-corrected chi connectivity index (χ2v) is 10.9. The van der Waals surface area contributed by atoms with Gasteiger partial charge in [-0.15, -0.1) is 6.42 Å². The lowest BCUT2D eigenvalue weighted by Gasteiger charge is -2.40. The van der Waals surface area contributed by atoms with Crippen LogP contribution in [0.1, 0.15) is 29.7 Å². The Kier molecular flexibility index (Phi) is 6.89. The summed E-state index contributed by atoms with van der Waals surface area (Å²) >= 11 is 3.38. The molecule has 0 spiro atoms. The van der Waals surface area contributed by atoms with E-state index < -0.39 is 35.1 Å². The van der Waals surface area contributed by atoms with E-state index in [4.69, 9.17) is 15.9 Å². The summed E-state index contributed by atoms with van der Waals surface area (Å²) in [5.41, 5.74) is -2.41. The third kappa shape index (κ3) is 4.07. The largest absolute Gasteiger partial charge is 0.497 e. The van der Waals surface area contributed by atoms with E-state index in [0.717, 1.165) is 10.0 Å². The van der Waals surface area contributed by atoms with Gasteiger partial charge in [-0.05, 0) is 40.7 Å². The zero-order valence-corrected chi connectivity index (χ0v) is 22.9. The number of hydrogen-bond acceptors (Lipinski definition) is 6. The summed E-state index contributed by atoms with van der Waals surface area (Å²) in [7, 11) is 1.59. The fraction of sp³-hybridized carbons (Fsp3) is 0.267. The summed E-state index contributed by atoms with van der Waals surface area (Å²) in [5, 5.41) is 39.0. The lowest BCUT2D eigenvalue weighted by atomic mass is 9.71. The number of benzene rings is 2. The van der Waals surface area contributed by atoms with Crippen LogP contribution in [0.15, 0.2) is 83.0 Å². The number of ether oxygens (including phenoxy) is 2. The first-order valence-corrected chi connectivity index (χ1v) is 13.1. The lowest BCUT2D eigenvalue weighted by molar-refractivity contribution is -0.153. The molecule has 39 heavy (non-hydrogen) atoms. The molecular weight excluding hydrogens is 564 g/mol. The Bertz CT molecular complexity index is 1500. The monoisotopic (exact) mass is 590 g/mol. The number of rotatable bonds is 7. The Balaban J connectivity index is 1.70. The Morgan fingerprint density at radius 1 is 1.23 bits per heavy atom. The first-order chi connectivity index (χ1) is 18.7. The molecule has 0 unspecified atom stereocenters. The van der Waals surface area contributed by atoms with Crippen LogP contribution < -0.4 is 9.47 Å². The van der Waals surface area contributed by atoms with E-state index in [1.54, 1.807) is 67.4 Å². The summed E-state index contributed by atoms with van der Waals surface area (Å²) in [5.74, 6) is -0.215. The van der Waals surface area contributed by atoms with Crippen LogP contribution in [0.3, 0.4) is 0 Å². The number of carbonyl (C=O) groups is 1. The predicted molar refractivity (Wildman–Crippen MR) is 147 cm³/mol. The maximum Gasteiger partial charge on any atom is 0.310 e. The van der Waals surface area contributed by atoms with Gasteiger partial charge in [-0.25, -0.2) is 0 Å². The van der Waals surface area contributed by atoms with Gasteiger partial charge in [0, 0.05) is 11.5 Å². The minimum Gasteiger partial charge on any atom is -0.497 e. The fourth-order valence-corrected chi connectivity index (χ4v) is 5.94. The number of allylic oxidation sites excluding steroid dienone is 3. The van der Waals surface area contributed by atoms with Crippen LogP contribution in [-0.2, 0) is 16.9 Å². The highest BCUT2D eigenvalue weighted by molar-refractivity contribution is 9.11. The number of halogens is 1. The van der Waals surface area contributed by atoms with Gasteiger partial charge in [0.25, 0.3) is 0 Å². The molecule has 0 amide bonds. The smallest absolute Gasteiger partial charge is 0.310 e. The first-order valence-electron chi connectivity index (χ1n) is 12.3. The molecule has 1 aromatic heterocycles. The molecule has 200 valence electrons. The summed E-state index contributed by atoms with van der Waals surface area (Å²) < 4.78 is 14.1. The molecule has 1 aliphatic heterocycles. The molecule has 8 nitrogen and oxygen atoms in total. The number of carboxylic acids is 1. The predicted octanol–water partition coefficient (Wildman–Crippen LogP) is 3.98. The number of terminal acetylenes is 1. The van der Waals surface area contributed by atoms with E-state index >= 15 is 0 Å². The highest BCUT2D eigenvalue weighted by Crippen LogP contribution is 2.66. The number of aliphatic carboxylic acids is 1. The number of methoxy groups -OCH3 is 1. The third-order valence-electron chi connectivity index (χ3n) is 7.47. The molecule has 1 saturated carbocycles. The average Bonchev–Trinajstić information content (AvgIpc) is 3.48. The normalized spacial score (nSPS) is 27.8. The fourth-order valence-electron chi connectivity index (χ4n) is 5.81. The summed E-state index contributed by atoms with van der Waals surface area (Å²) in [6.07, 6.45) is 9.13. The van der Waals surface area contributed by atoms with Crippen LogP contribution in [0.25, 0.3) is 0 Å². The van der Waals surface area contributed by atoms with Crippen molar-refractivity contribution in [2.45, 2.75) is 36.7 Å². The molecular formula is C30H27BrN2O6. The van der Waals surface area contributed by atoms with Gasteiger partial charge >= 0.3 is 5.97 Å². The van der Waals surface area contributed by atoms with Gasteiger partial charge in [0.05, 0.1) is 25.8 Å². The highest BCUT2D eigenvalue weighted by atomic mass is 79.9. The van der Waals surface area contributed by atoms with E-state index in [1.165, 1.54) is 0 Å². The SMILES string of the molecule is C#C/C(=C\C=C(/C)Br)[C@@]12Oc3cn(Cc4ccc(OC)cc4)nc3[C@]1(O)[C@H](O)[C@H](C(=O)O)[C@H]2c1ccccc1. The van der Waals surface area contributed by atoms with Gasteiger partial charge in [-0.1, -0.05) is 70.4 Å². The van der Waals surface area contributed by atoms with Crippen molar-refractivity contribution in [1.29, 1.82) is 0 Å². The van der Waals surface area contributed by atoms with Crippen molar-refractivity contribution in [1.82, 2.24) is 9.78 Å². The van der Waals surface area contributed by atoms with E-state index in [9.17, 15) is 20.1 Å². The van der Waals surface area contributed by atoms with Gasteiger partial charge < -0.3 is 24.8 Å². The molecule has 9 heteroatoms. The van der Waals surface area contributed by atoms with Crippen LogP contribution in [0.2, 0.25) is 0 Å². The Hall–Kier alpha value is -3.84. The van der Waals surface area contributed by atoms with Crippen LogP contribution in [0.5, 0.6) is 11.5 Å². The van der Waals surface area contributed by atoms with Gasteiger partial charge in [0.15, 0.2) is 17.0 Å². The number of carboxylic acid groups (broad SMARTS) is 1. The van der Waals surface area contributed by atoms with Crippen molar-refractivity contribution in [3.63, 3.8) is 0 Å². The first kappa shape index (κ1) is 26.8. The quantitative estimate of drug-likeness (QED) is 0.282. The molecule has 3 aromatic rings. The van der Waals surface area contributed by atoms with E-state index in [-0.39, 0.29) is 17.0 Å². The molecule has 1 fully saturated rings. The van der Waals surface area contributed by atoms with Crippen LogP contribution in [0.4, 0.5) is 0 Å². The zero-order valence-electron chi connectivity index (χ0n) is 21.3. The van der Waals surface area contributed by atoms with Crippen molar-refractivity contribution in [2.24, 2.45) is 5.92 Å². The number of aromatic nitrogens is 2. The van der Waals surface area contributed by atoms with Crippen molar-refractivity contribution in [2.75, 3.05) is 7.11 Å². The number of aliphatic hydroxyl groups excluding tert-OH is 1. The molecule has 5 rings (SSSR count).